The van der Waals surface area contributed by atoms with E-state index in [0.717, 1.165) is 4.90 Å². The fraction of sp³-hybridized carbons (Fsp3) is 0.308. The number of nitrogens with zero attached hydrogens (tertiary/aromatic N) is 1. The van der Waals surface area contributed by atoms with Crippen molar-refractivity contribution in [2.24, 2.45) is 5.73 Å². The largest absolute Gasteiger partial charge is 0.478 e. The van der Waals surface area contributed by atoms with Gasteiger partial charge in [0.15, 0.2) is 0 Å². The molecule has 0 bridgehead atoms. The van der Waals surface area contributed by atoms with E-state index in [-0.39, 0.29) is 17.2 Å². The molecular weight excluding hydrogens is 262 g/mol. The van der Waals surface area contributed by atoms with Crippen LogP contribution in [0.4, 0.5) is 10.5 Å². The Kier molecular flexibility index (Phi) is 3.99. The van der Waals surface area contributed by atoms with Crippen LogP contribution in [0.1, 0.15) is 23.2 Å². The summed E-state index contributed by atoms with van der Waals surface area (Å²) in [6.07, 6.45) is 1.09. The molecule has 1 aliphatic heterocycles. The van der Waals surface area contributed by atoms with E-state index in [2.05, 4.69) is 5.32 Å². The summed E-state index contributed by atoms with van der Waals surface area (Å²) < 4.78 is 0. The van der Waals surface area contributed by atoms with Gasteiger partial charge in [-0.05, 0) is 37.6 Å². The van der Waals surface area contributed by atoms with Crippen LogP contribution in [-0.2, 0) is 4.79 Å². The molecule has 1 fully saturated rings. The number of carboxylic acid groups (broad SMARTS) is 1. The van der Waals surface area contributed by atoms with Gasteiger partial charge in [-0.15, -0.1) is 0 Å². The Morgan fingerprint density at radius 2 is 2.15 bits per heavy atom. The molecule has 7 heteroatoms. The second-order valence-corrected chi connectivity index (χ2v) is 4.46. The van der Waals surface area contributed by atoms with E-state index in [4.69, 9.17) is 10.8 Å². The summed E-state index contributed by atoms with van der Waals surface area (Å²) in [6, 6.07) is 4.57. The average Bonchev–Trinajstić information content (AvgIpc) is 2.71. The van der Waals surface area contributed by atoms with Gasteiger partial charge in [0.2, 0.25) is 0 Å². The Labute approximate surface area is 115 Å². The van der Waals surface area contributed by atoms with Gasteiger partial charge in [0, 0.05) is 0 Å². The van der Waals surface area contributed by atoms with Crippen LogP contribution < -0.4 is 16.0 Å². The first-order valence-electron chi connectivity index (χ1n) is 6.22. The zero-order valence-electron chi connectivity index (χ0n) is 10.7. The number of aromatic carboxylic acids is 1. The molecule has 1 atom stereocenters. The summed E-state index contributed by atoms with van der Waals surface area (Å²) >= 11 is 0. The van der Waals surface area contributed by atoms with Crippen LogP contribution >= 0.6 is 0 Å². The van der Waals surface area contributed by atoms with Gasteiger partial charge in [-0.3, -0.25) is 4.79 Å². The molecule has 1 aliphatic rings. The van der Waals surface area contributed by atoms with E-state index < -0.39 is 18.0 Å². The van der Waals surface area contributed by atoms with Gasteiger partial charge >= 0.3 is 12.0 Å². The summed E-state index contributed by atoms with van der Waals surface area (Å²) in [6.45, 7) is 0.439. The predicted octanol–water partition coefficient (Wildman–Crippen LogP) is 0.548. The minimum Gasteiger partial charge on any atom is -0.478 e. The van der Waals surface area contributed by atoms with Gasteiger partial charge in [0.25, 0.3) is 5.91 Å². The number of hydrogen-bond donors (Lipinski definition) is 3. The van der Waals surface area contributed by atoms with Crippen LogP contribution in [0.3, 0.4) is 0 Å². The van der Waals surface area contributed by atoms with Crippen molar-refractivity contribution in [1.29, 1.82) is 0 Å². The molecule has 1 aromatic rings. The molecule has 0 spiro atoms. The third-order valence-electron chi connectivity index (χ3n) is 3.07. The van der Waals surface area contributed by atoms with Crippen LogP contribution in [0, 0.1) is 0 Å². The van der Waals surface area contributed by atoms with Gasteiger partial charge in [0.05, 0.1) is 11.3 Å². The van der Waals surface area contributed by atoms with Crippen molar-refractivity contribution in [2.45, 2.75) is 18.9 Å². The summed E-state index contributed by atoms with van der Waals surface area (Å²) in [7, 11) is 0. The van der Waals surface area contributed by atoms with Crippen molar-refractivity contribution in [3.05, 3.63) is 29.8 Å². The normalized spacial score (nSPS) is 18.2. The Hall–Kier alpha value is -2.41. The van der Waals surface area contributed by atoms with E-state index in [1.807, 2.05) is 0 Å². The molecule has 0 radical (unpaired) electrons. The van der Waals surface area contributed by atoms with E-state index in [9.17, 15) is 14.4 Å². The minimum atomic E-state index is -1.11. The second kappa shape index (κ2) is 5.70. The molecule has 4 N–H and O–H groups in total. The highest BCUT2D eigenvalue weighted by Crippen LogP contribution is 2.22. The Bertz CT molecular complexity index is 558. The van der Waals surface area contributed by atoms with Crippen LogP contribution in [0.5, 0.6) is 0 Å². The number of anilines is 1. The summed E-state index contributed by atoms with van der Waals surface area (Å²) in [5, 5.41) is 11.5. The molecule has 1 saturated heterocycles. The van der Waals surface area contributed by atoms with Crippen molar-refractivity contribution in [1.82, 2.24) is 5.32 Å². The minimum absolute atomic E-state index is 0.0218. The van der Waals surface area contributed by atoms with E-state index >= 15 is 0 Å². The molecule has 20 heavy (non-hydrogen) atoms. The SMILES string of the molecule is NCCCC1NC(=O)N(c2cccc(C(=O)O)c2)C1=O. The fourth-order valence-electron chi connectivity index (χ4n) is 2.07. The van der Waals surface area contributed by atoms with Crippen LogP contribution in [0.15, 0.2) is 24.3 Å². The van der Waals surface area contributed by atoms with Crippen LogP contribution in [-0.4, -0.2) is 35.6 Å². The van der Waals surface area contributed by atoms with Crippen LogP contribution in [0.25, 0.3) is 0 Å². The molecule has 0 aromatic heterocycles. The molecule has 3 amide bonds. The number of carbonyl (C=O) groups excluding carboxylic acids is 2. The van der Waals surface area contributed by atoms with E-state index in [1.165, 1.54) is 24.3 Å². The third-order valence-corrected chi connectivity index (χ3v) is 3.07. The molecule has 0 aliphatic carbocycles. The van der Waals surface area contributed by atoms with Crippen molar-refractivity contribution >= 4 is 23.6 Å². The lowest BCUT2D eigenvalue weighted by molar-refractivity contribution is -0.118. The Morgan fingerprint density at radius 3 is 2.80 bits per heavy atom. The highest BCUT2D eigenvalue weighted by molar-refractivity contribution is 6.21. The maximum absolute atomic E-state index is 12.2. The summed E-state index contributed by atoms with van der Waals surface area (Å²) in [5.74, 6) is -1.50. The lowest BCUT2D eigenvalue weighted by Crippen LogP contribution is -2.31. The van der Waals surface area contributed by atoms with Gasteiger partial charge in [-0.1, -0.05) is 6.07 Å². The molecule has 106 valence electrons. The van der Waals surface area contributed by atoms with Gasteiger partial charge in [0.1, 0.15) is 6.04 Å². The number of carbonyl (C=O) groups is 3. The van der Waals surface area contributed by atoms with E-state index in [0.29, 0.717) is 19.4 Å². The van der Waals surface area contributed by atoms with Crippen molar-refractivity contribution in [3.63, 3.8) is 0 Å². The van der Waals surface area contributed by atoms with Crippen molar-refractivity contribution in [3.8, 4) is 0 Å². The first kappa shape index (κ1) is 14.0. The number of nitrogens with two attached hydrogens (primary N) is 1. The predicted molar refractivity (Wildman–Crippen MR) is 71.5 cm³/mol. The molecule has 1 aromatic carbocycles. The highest BCUT2D eigenvalue weighted by Gasteiger charge is 2.38. The molecular formula is C13H15N3O4. The number of carboxylic acids is 1. The molecule has 1 unspecified atom stereocenters. The monoisotopic (exact) mass is 277 g/mol. The second-order valence-electron chi connectivity index (χ2n) is 4.46. The zero-order chi connectivity index (χ0) is 14.7. The van der Waals surface area contributed by atoms with Gasteiger partial charge in [-0.25, -0.2) is 14.5 Å². The lowest BCUT2D eigenvalue weighted by atomic mass is 10.1. The summed E-state index contributed by atoms with van der Waals surface area (Å²) in [4.78, 5) is 35.9. The van der Waals surface area contributed by atoms with E-state index in [1.54, 1.807) is 0 Å². The first-order valence-corrected chi connectivity index (χ1v) is 6.22. The number of rotatable bonds is 5. The average molecular weight is 277 g/mol. The van der Waals surface area contributed by atoms with Crippen molar-refractivity contribution in [2.75, 3.05) is 11.4 Å². The smallest absolute Gasteiger partial charge is 0.335 e. The summed E-state index contributed by atoms with van der Waals surface area (Å²) in [5.41, 5.74) is 5.66. The molecule has 0 saturated carbocycles. The molecule has 1 heterocycles. The lowest BCUT2D eigenvalue weighted by Gasteiger charge is -2.13. The number of imide groups is 1. The highest BCUT2D eigenvalue weighted by atomic mass is 16.4. The van der Waals surface area contributed by atoms with Gasteiger partial charge < -0.3 is 16.2 Å². The number of hydrogen-bond acceptors (Lipinski definition) is 4. The Morgan fingerprint density at radius 1 is 1.40 bits per heavy atom. The number of nitrogens with one attached hydrogen (secondary N) is 1. The third kappa shape index (κ3) is 2.62. The number of urea groups is 1. The zero-order valence-corrected chi connectivity index (χ0v) is 10.7. The number of amides is 3. The standard InChI is InChI=1S/C13H15N3O4/c14-6-2-5-10-11(17)16(13(20)15-10)9-4-1-3-8(7-9)12(18)19/h1,3-4,7,10H,2,5-6,14H2,(H,15,20)(H,18,19). The van der Waals surface area contributed by atoms with Crippen LogP contribution in [0.2, 0.25) is 0 Å². The molecule has 2 rings (SSSR count). The quantitative estimate of drug-likeness (QED) is 0.680. The molecule has 7 nitrogen and oxygen atoms in total. The first-order chi connectivity index (χ1) is 9.54. The number of benzene rings is 1. The maximum atomic E-state index is 12.2. The topological polar surface area (TPSA) is 113 Å². The van der Waals surface area contributed by atoms with Crippen molar-refractivity contribution < 1.29 is 19.5 Å². The Balaban J connectivity index is 2.24. The fourth-order valence-corrected chi connectivity index (χ4v) is 2.07. The maximum Gasteiger partial charge on any atom is 0.335 e. The van der Waals surface area contributed by atoms with Gasteiger partial charge in [-0.2, -0.15) is 0 Å².